The predicted octanol–water partition coefficient (Wildman–Crippen LogP) is 5.09. The van der Waals surface area contributed by atoms with Crippen LogP contribution in [0.2, 0.25) is 0 Å². The van der Waals surface area contributed by atoms with Crippen LogP contribution in [0.1, 0.15) is 67.1 Å². The number of rotatable bonds is 11. The lowest BCUT2D eigenvalue weighted by atomic mass is 9.83. The smallest absolute Gasteiger partial charge is 0.313 e. The summed E-state index contributed by atoms with van der Waals surface area (Å²) >= 11 is 0. The van der Waals surface area contributed by atoms with Gasteiger partial charge >= 0.3 is 5.97 Å². The van der Waals surface area contributed by atoms with Crippen LogP contribution in [0, 0.1) is 23.7 Å². The van der Waals surface area contributed by atoms with Crippen LogP contribution in [0.25, 0.3) is 0 Å². The molecule has 1 aromatic carbocycles. The highest BCUT2D eigenvalue weighted by Gasteiger charge is 2.37. The zero-order valence-corrected chi connectivity index (χ0v) is 19.6. The standard InChI is InChI=1S/C25H38O5/c1-9-22(30-25(28)15(2)3)17(5)24(18(6)23(27)16(4)19(7)26)29-20(8)21-13-11-10-12-14-21/h9-20,24,26H,1-8H3/b22-9-/t16?,17-,18-,19?,20+,24-/m1/s1. The molecule has 0 amide bonds. The molecule has 168 valence electrons. The van der Waals surface area contributed by atoms with Crippen molar-refractivity contribution in [1.82, 2.24) is 0 Å². The van der Waals surface area contributed by atoms with E-state index in [-0.39, 0.29) is 29.7 Å². The molecule has 5 nitrogen and oxygen atoms in total. The van der Waals surface area contributed by atoms with Crippen molar-refractivity contribution in [3.8, 4) is 0 Å². The summed E-state index contributed by atoms with van der Waals surface area (Å²) in [5.41, 5.74) is 0.999. The molecule has 0 aromatic heterocycles. The zero-order chi connectivity index (χ0) is 23.0. The van der Waals surface area contributed by atoms with E-state index in [1.54, 1.807) is 33.8 Å². The summed E-state index contributed by atoms with van der Waals surface area (Å²) in [6.45, 7) is 14.4. The van der Waals surface area contributed by atoms with Gasteiger partial charge in [-0.1, -0.05) is 65.0 Å². The summed E-state index contributed by atoms with van der Waals surface area (Å²) in [7, 11) is 0. The highest BCUT2D eigenvalue weighted by molar-refractivity contribution is 5.84. The Morgan fingerprint density at radius 2 is 1.47 bits per heavy atom. The summed E-state index contributed by atoms with van der Waals surface area (Å²) in [6, 6.07) is 9.79. The van der Waals surface area contributed by atoms with Crippen molar-refractivity contribution in [2.75, 3.05) is 0 Å². The van der Waals surface area contributed by atoms with Crippen molar-refractivity contribution in [2.45, 2.75) is 73.7 Å². The molecule has 0 bridgehead atoms. The summed E-state index contributed by atoms with van der Waals surface area (Å²) in [5, 5.41) is 9.91. The van der Waals surface area contributed by atoms with Gasteiger partial charge in [0, 0.05) is 17.8 Å². The van der Waals surface area contributed by atoms with Gasteiger partial charge in [0.15, 0.2) is 0 Å². The van der Waals surface area contributed by atoms with Gasteiger partial charge in [0.1, 0.15) is 11.5 Å². The van der Waals surface area contributed by atoms with Crippen molar-refractivity contribution in [3.05, 3.63) is 47.7 Å². The SMILES string of the molecule is C/C=C(\OC(=O)C(C)C)[C@@H](C)[C@@H](O[C@@H](C)c1ccccc1)[C@H](C)C(=O)C(C)C(C)O. The number of aliphatic hydroxyl groups excluding tert-OH is 1. The average Bonchev–Trinajstić information content (AvgIpc) is 2.73. The van der Waals surface area contributed by atoms with Gasteiger partial charge in [0.2, 0.25) is 0 Å². The van der Waals surface area contributed by atoms with E-state index in [9.17, 15) is 14.7 Å². The molecule has 0 fully saturated rings. The summed E-state index contributed by atoms with van der Waals surface area (Å²) in [6.07, 6.45) is 0.223. The van der Waals surface area contributed by atoms with Crippen LogP contribution < -0.4 is 0 Å². The normalized spacial score (nSPS) is 18.3. The molecule has 0 saturated carbocycles. The monoisotopic (exact) mass is 418 g/mol. The minimum Gasteiger partial charge on any atom is -0.431 e. The number of hydrogen-bond acceptors (Lipinski definition) is 5. The first-order chi connectivity index (χ1) is 14.0. The van der Waals surface area contributed by atoms with E-state index in [1.165, 1.54) is 0 Å². The van der Waals surface area contributed by atoms with E-state index >= 15 is 0 Å². The quantitative estimate of drug-likeness (QED) is 0.400. The van der Waals surface area contributed by atoms with Gasteiger partial charge in [-0.15, -0.1) is 0 Å². The molecule has 30 heavy (non-hydrogen) atoms. The maximum atomic E-state index is 13.0. The van der Waals surface area contributed by atoms with Crippen LogP contribution in [-0.2, 0) is 19.1 Å². The van der Waals surface area contributed by atoms with Crippen LogP contribution in [0.15, 0.2) is 42.2 Å². The topological polar surface area (TPSA) is 72.8 Å². The Kier molecular flexibility index (Phi) is 10.4. The average molecular weight is 419 g/mol. The van der Waals surface area contributed by atoms with E-state index in [1.807, 2.05) is 58.0 Å². The first kappa shape index (κ1) is 26.1. The highest BCUT2D eigenvalue weighted by Crippen LogP contribution is 2.32. The van der Waals surface area contributed by atoms with E-state index in [4.69, 9.17) is 9.47 Å². The first-order valence-electron chi connectivity index (χ1n) is 10.8. The van der Waals surface area contributed by atoms with Gasteiger partial charge in [-0.2, -0.15) is 0 Å². The second kappa shape index (κ2) is 12.0. The number of hydrogen-bond donors (Lipinski definition) is 1. The lowest BCUT2D eigenvalue weighted by molar-refractivity contribution is -0.146. The molecule has 0 radical (unpaired) electrons. The van der Waals surface area contributed by atoms with Gasteiger partial charge < -0.3 is 14.6 Å². The van der Waals surface area contributed by atoms with Crippen molar-refractivity contribution in [1.29, 1.82) is 0 Å². The lowest BCUT2D eigenvalue weighted by Crippen LogP contribution is -2.40. The number of aliphatic hydroxyl groups is 1. The molecule has 0 heterocycles. The molecule has 5 heteroatoms. The number of ether oxygens (including phenoxy) is 2. The number of ketones is 1. The van der Waals surface area contributed by atoms with Crippen LogP contribution in [0.5, 0.6) is 0 Å². The molecule has 0 aliphatic rings. The largest absolute Gasteiger partial charge is 0.431 e. The minimum atomic E-state index is -0.748. The van der Waals surface area contributed by atoms with Crippen LogP contribution in [-0.4, -0.2) is 29.1 Å². The Bertz CT molecular complexity index is 708. The zero-order valence-electron chi connectivity index (χ0n) is 19.6. The third-order valence-electron chi connectivity index (χ3n) is 5.66. The molecule has 2 unspecified atom stereocenters. The number of esters is 1. The van der Waals surface area contributed by atoms with Gasteiger partial charge in [-0.3, -0.25) is 9.59 Å². The second-order valence-electron chi connectivity index (χ2n) is 8.43. The fourth-order valence-electron chi connectivity index (χ4n) is 3.33. The Morgan fingerprint density at radius 3 is 1.93 bits per heavy atom. The van der Waals surface area contributed by atoms with E-state index in [0.717, 1.165) is 5.56 Å². The second-order valence-corrected chi connectivity index (χ2v) is 8.43. The molecule has 1 rings (SSSR count). The lowest BCUT2D eigenvalue weighted by Gasteiger charge is -2.34. The van der Waals surface area contributed by atoms with Crippen molar-refractivity contribution in [3.63, 3.8) is 0 Å². The molecule has 1 aromatic rings. The Balaban J connectivity index is 3.20. The van der Waals surface area contributed by atoms with Crippen molar-refractivity contribution < 1.29 is 24.2 Å². The van der Waals surface area contributed by atoms with Crippen LogP contribution in [0.4, 0.5) is 0 Å². The Labute approximate surface area is 181 Å². The third-order valence-corrected chi connectivity index (χ3v) is 5.66. The van der Waals surface area contributed by atoms with Gasteiger partial charge in [0.25, 0.3) is 0 Å². The molecule has 0 aliphatic heterocycles. The molecular weight excluding hydrogens is 380 g/mol. The maximum absolute atomic E-state index is 13.0. The Hall–Kier alpha value is -1.98. The number of benzene rings is 1. The van der Waals surface area contributed by atoms with Gasteiger partial charge in [-0.05, 0) is 32.4 Å². The number of Topliss-reactive ketones (excluding diaryl/α,β-unsaturated/α-hetero) is 1. The van der Waals surface area contributed by atoms with Gasteiger partial charge in [0.05, 0.1) is 24.2 Å². The first-order valence-corrected chi connectivity index (χ1v) is 10.8. The van der Waals surface area contributed by atoms with Gasteiger partial charge in [-0.25, -0.2) is 0 Å². The van der Waals surface area contributed by atoms with Crippen LogP contribution >= 0.6 is 0 Å². The van der Waals surface area contributed by atoms with Crippen LogP contribution in [0.3, 0.4) is 0 Å². The predicted molar refractivity (Wildman–Crippen MR) is 119 cm³/mol. The summed E-state index contributed by atoms with van der Waals surface area (Å²) in [5.74, 6) is -1.51. The molecule has 0 spiro atoms. The third kappa shape index (κ3) is 7.06. The summed E-state index contributed by atoms with van der Waals surface area (Å²) < 4.78 is 12.0. The number of allylic oxidation sites excluding steroid dienone is 1. The summed E-state index contributed by atoms with van der Waals surface area (Å²) in [4.78, 5) is 25.2. The molecule has 0 aliphatic carbocycles. The van der Waals surface area contributed by atoms with E-state index < -0.39 is 24.0 Å². The van der Waals surface area contributed by atoms with Crippen molar-refractivity contribution >= 4 is 11.8 Å². The fourth-order valence-corrected chi connectivity index (χ4v) is 3.33. The highest BCUT2D eigenvalue weighted by atomic mass is 16.5. The van der Waals surface area contributed by atoms with E-state index in [0.29, 0.717) is 5.76 Å². The number of carbonyl (C=O) groups excluding carboxylic acids is 2. The molecule has 1 N–H and O–H groups in total. The fraction of sp³-hybridized carbons (Fsp3) is 0.600. The number of carbonyl (C=O) groups is 2. The Morgan fingerprint density at radius 1 is 0.900 bits per heavy atom. The molecular formula is C25H38O5. The minimum absolute atomic E-state index is 0.0762. The molecule has 0 saturated heterocycles. The van der Waals surface area contributed by atoms with E-state index in [2.05, 4.69) is 0 Å². The maximum Gasteiger partial charge on any atom is 0.313 e. The molecule has 6 atom stereocenters. The van der Waals surface area contributed by atoms with Crippen molar-refractivity contribution in [2.24, 2.45) is 23.7 Å².